The highest BCUT2D eigenvalue weighted by atomic mass is 15.2. The minimum absolute atomic E-state index is 0.528. The van der Waals surface area contributed by atoms with E-state index in [1.54, 1.807) is 0 Å². The molecule has 3 heteroatoms. The SMILES string of the molecule is CC(C)c1cnn2cc(CCN(C)C)ccc12. The van der Waals surface area contributed by atoms with Crippen LogP contribution in [-0.2, 0) is 6.42 Å². The van der Waals surface area contributed by atoms with E-state index in [4.69, 9.17) is 0 Å². The van der Waals surface area contributed by atoms with Crippen LogP contribution in [-0.4, -0.2) is 35.2 Å². The van der Waals surface area contributed by atoms with Crippen LogP contribution < -0.4 is 0 Å². The normalized spacial score (nSPS) is 11.9. The Bertz CT molecular complexity index is 497. The summed E-state index contributed by atoms with van der Waals surface area (Å²) in [5.41, 5.74) is 3.89. The van der Waals surface area contributed by atoms with Gasteiger partial charge in [-0.3, -0.25) is 0 Å². The quantitative estimate of drug-likeness (QED) is 0.806. The minimum atomic E-state index is 0.528. The highest BCUT2D eigenvalue weighted by Gasteiger charge is 2.07. The molecule has 2 aromatic heterocycles. The smallest absolute Gasteiger partial charge is 0.0696 e. The first-order chi connectivity index (χ1) is 8.08. The number of rotatable bonds is 4. The van der Waals surface area contributed by atoms with E-state index in [2.05, 4.69) is 56.3 Å². The zero-order chi connectivity index (χ0) is 12.4. The fourth-order valence-electron chi connectivity index (χ4n) is 1.99. The van der Waals surface area contributed by atoms with Gasteiger partial charge in [-0.2, -0.15) is 5.10 Å². The van der Waals surface area contributed by atoms with Crippen LogP contribution in [0, 0.1) is 0 Å². The average Bonchev–Trinajstić information content (AvgIpc) is 2.69. The van der Waals surface area contributed by atoms with Crippen molar-refractivity contribution in [3.05, 3.63) is 35.7 Å². The molecule has 0 amide bonds. The Morgan fingerprint density at radius 2 is 2.06 bits per heavy atom. The van der Waals surface area contributed by atoms with Crippen LogP contribution in [0.4, 0.5) is 0 Å². The van der Waals surface area contributed by atoms with Crippen molar-refractivity contribution in [2.45, 2.75) is 26.2 Å². The maximum atomic E-state index is 4.43. The van der Waals surface area contributed by atoms with Crippen molar-refractivity contribution in [1.29, 1.82) is 0 Å². The summed E-state index contributed by atoms with van der Waals surface area (Å²) in [5.74, 6) is 0.528. The molecular weight excluding hydrogens is 210 g/mol. The Morgan fingerprint density at radius 1 is 1.29 bits per heavy atom. The van der Waals surface area contributed by atoms with E-state index in [0.29, 0.717) is 5.92 Å². The summed E-state index contributed by atoms with van der Waals surface area (Å²) in [4.78, 5) is 2.20. The van der Waals surface area contributed by atoms with E-state index >= 15 is 0 Å². The predicted octanol–water partition coefficient (Wildman–Crippen LogP) is 2.56. The van der Waals surface area contributed by atoms with Crippen molar-refractivity contribution in [2.24, 2.45) is 0 Å². The molecule has 2 heterocycles. The molecule has 0 radical (unpaired) electrons. The predicted molar refractivity (Wildman–Crippen MR) is 71.5 cm³/mol. The molecule has 92 valence electrons. The second-order valence-electron chi connectivity index (χ2n) is 5.18. The summed E-state index contributed by atoms with van der Waals surface area (Å²) in [6.07, 6.45) is 5.19. The molecule has 0 unspecified atom stereocenters. The lowest BCUT2D eigenvalue weighted by atomic mass is 10.1. The third kappa shape index (κ3) is 2.67. The summed E-state index contributed by atoms with van der Waals surface area (Å²) in [6, 6.07) is 4.40. The topological polar surface area (TPSA) is 20.5 Å². The first-order valence-electron chi connectivity index (χ1n) is 6.19. The lowest BCUT2D eigenvalue weighted by Gasteiger charge is -2.09. The van der Waals surface area contributed by atoms with Crippen molar-refractivity contribution in [3.63, 3.8) is 0 Å². The lowest BCUT2D eigenvalue weighted by Crippen LogP contribution is -2.15. The van der Waals surface area contributed by atoms with Gasteiger partial charge in [-0.1, -0.05) is 19.9 Å². The van der Waals surface area contributed by atoms with Gasteiger partial charge in [-0.05, 0) is 38.1 Å². The second-order valence-corrected chi connectivity index (χ2v) is 5.18. The Hall–Kier alpha value is -1.35. The third-order valence-electron chi connectivity index (χ3n) is 3.08. The van der Waals surface area contributed by atoms with Gasteiger partial charge in [-0.25, -0.2) is 4.52 Å². The van der Waals surface area contributed by atoms with Crippen molar-refractivity contribution < 1.29 is 0 Å². The lowest BCUT2D eigenvalue weighted by molar-refractivity contribution is 0.413. The first-order valence-corrected chi connectivity index (χ1v) is 6.19. The minimum Gasteiger partial charge on any atom is -0.309 e. The van der Waals surface area contributed by atoms with E-state index < -0.39 is 0 Å². The van der Waals surface area contributed by atoms with E-state index in [1.165, 1.54) is 16.6 Å². The summed E-state index contributed by atoms with van der Waals surface area (Å²) >= 11 is 0. The van der Waals surface area contributed by atoms with Crippen molar-refractivity contribution in [3.8, 4) is 0 Å². The van der Waals surface area contributed by atoms with Gasteiger partial charge in [0.15, 0.2) is 0 Å². The number of fused-ring (bicyclic) bond motifs is 1. The molecular formula is C14H21N3. The van der Waals surface area contributed by atoms with Gasteiger partial charge in [0.05, 0.1) is 11.7 Å². The van der Waals surface area contributed by atoms with Crippen LogP contribution in [0.15, 0.2) is 24.5 Å². The fraction of sp³-hybridized carbons (Fsp3) is 0.500. The van der Waals surface area contributed by atoms with Crippen molar-refractivity contribution >= 4 is 5.52 Å². The fourth-order valence-corrected chi connectivity index (χ4v) is 1.99. The summed E-state index contributed by atoms with van der Waals surface area (Å²) in [6.45, 7) is 5.48. The molecule has 0 spiro atoms. The van der Waals surface area contributed by atoms with Gasteiger partial charge in [0.1, 0.15) is 0 Å². The van der Waals surface area contributed by atoms with Gasteiger partial charge < -0.3 is 4.90 Å². The average molecular weight is 231 g/mol. The molecule has 3 nitrogen and oxygen atoms in total. The zero-order valence-electron chi connectivity index (χ0n) is 11.1. The molecule has 2 aromatic rings. The van der Waals surface area contributed by atoms with Crippen LogP contribution >= 0.6 is 0 Å². The largest absolute Gasteiger partial charge is 0.309 e. The van der Waals surface area contributed by atoms with Gasteiger partial charge in [0.25, 0.3) is 0 Å². The second kappa shape index (κ2) is 4.88. The molecule has 0 aromatic carbocycles. The maximum Gasteiger partial charge on any atom is 0.0696 e. The molecule has 0 aliphatic heterocycles. The van der Waals surface area contributed by atoms with E-state index in [-0.39, 0.29) is 0 Å². The van der Waals surface area contributed by atoms with Crippen molar-refractivity contribution in [1.82, 2.24) is 14.5 Å². The van der Waals surface area contributed by atoms with E-state index in [0.717, 1.165) is 13.0 Å². The number of aromatic nitrogens is 2. The highest BCUT2D eigenvalue weighted by molar-refractivity contribution is 5.55. The van der Waals surface area contributed by atoms with Crippen LogP contribution in [0.1, 0.15) is 30.9 Å². The van der Waals surface area contributed by atoms with Crippen LogP contribution in [0.3, 0.4) is 0 Å². The maximum absolute atomic E-state index is 4.43. The van der Waals surface area contributed by atoms with Crippen LogP contribution in [0.5, 0.6) is 0 Å². The van der Waals surface area contributed by atoms with E-state index in [1.807, 2.05) is 10.7 Å². The van der Waals surface area contributed by atoms with E-state index in [9.17, 15) is 0 Å². The highest BCUT2D eigenvalue weighted by Crippen LogP contribution is 2.20. The molecule has 0 aliphatic carbocycles. The number of hydrogen-bond acceptors (Lipinski definition) is 2. The summed E-state index contributed by atoms with van der Waals surface area (Å²) in [7, 11) is 4.20. The Kier molecular flexibility index (Phi) is 3.48. The molecule has 0 saturated carbocycles. The van der Waals surface area contributed by atoms with Crippen LogP contribution in [0.25, 0.3) is 5.52 Å². The van der Waals surface area contributed by atoms with Crippen molar-refractivity contribution in [2.75, 3.05) is 20.6 Å². The summed E-state index contributed by atoms with van der Waals surface area (Å²) < 4.78 is 2.00. The van der Waals surface area contributed by atoms with Crippen LogP contribution in [0.2, 0.25) is 0 Å². The zero-order valence-corrected chi connectivity index (χ0v) is 11.1. The summed E-state index contributed by atoms with van der Waals surface area (Å²) in [5, 5.41) is 4.43. The van der Waals surface area contributed by atoms with Gasteiger partial charge in [0.2, 0.25) is 0 Å². The molecule has 0 atom stereocenters. The number of nitrogens with zero attached hydrogens (tertiary/aromatic N) is 3. The third-order valence-corrected chi connectivity index (χ3v) is 3.08. The Morgan fingerprint density at radius 3 is 2.71 bits per heavy atom. The molecule has 0 N–H and O–H groups in total. The number of pyridine rings is 1. The molecule has 0 saturated heterocycles. The van der Waals surface area contributed by atoms with Gasteiger partial charge in [0, 0.05) is 18.3 Å². The Balaban J connectivity index is 2.26. The molecule has 17 heavy (non-hydrogen) atoms. The molecule has 0 aliphatic rings. The van der Waals surface area contributed by atoms with Gasteiger partial charge >= 0.3 is 0 Å². The molecule has 0 fully saturated rings. The Labute approximate surface area is 103 Å². The molecule has 2 rings (SSSR count). The first kappa shape index (κ1) is 12.1. The monoisotopic (exact) mass is 231 g/mol. The molecule has 0 bridgehead atoms. The van der Waals surface area contributed by atoms with Gasteiger partial charge in [-0.15, -0.1) is 0 Å². The number of likely N-dealkylation sites (N-methyl/N-ethyl adjacent to an activating group) is 1. The number of hydrogen-bond donors (Lipinski definition) is 0. The standard InChI is InChI=1S/C14H21N3/c1-11(2)13-9-15-17-10-12(5-6-14(13)17)7-8-16(3)4/h5-6,9-11H,7-8H2,1-4H3.